The molecular weight excluding hydrogens is 382 g/mol. The Bertz CT molecular complexity index is 873. The molecule has 0 aliphatic carbocycles. The first-order chi connectivity index (χ1) is 14.0. The zero-order valence-corrected chi connectivity index (χ0v) is 17.6. The van der Waals surface area contributed by atoms with Gasteiger partial charge in [-0.1, -0.05) is 60.7 Å². The largest absolute Gasteiger partial charge is 0.480 e. The summed E-state index contributed by atoms with van der Waals surface area (Å²) < 4.78 is 5.42. The molecule has 0 radical (unpaired) electrons. The molecule has 160 valence electrons. The van der Waals surface area contributed by atoms with Gasteiger partial charge >= 0.3 is 11.9 Å². The minimum atomic E-state index is -2.06. The highest BCUT2D eigenvalue weighted by molar-refractivity contribution is 6.04. The van der Waals surface area contributed by atoms with Crippen LogP contribution in [0.15, 0.2) is 60.7 Å². The summed E-state index contributed by atoms with van der Waals surface area (Å²) in [6, 6.07) is 17.0. The highest BCUT2D eigenvalue weighted by Crippen LogP contribution is 2.32. The van der Waals surface area contributed by atoms with Crippen molar-refractivity contribution in [2.45, 2.75) is 51.7 Å². The first-order valence-corrected chi connectivity index (χ1v) is 9.86. The van der Waals surface area contributed by atoms with E-state index in [1.165, 1.54) is 0 Å². The number of aliphatic carboxylic acids is 1. The maximum atomic E-state index is 13.0. The van der Waals surface area contributed by atoms with E-state index in [1.54, 1.807) is 51.1 Å². The Morgan fingerprint density at radius 2 is 1.43 bits per heavy atom. The zero-order valence-electron chi connectivity index (χ0n) is 17.6. The minimum Gasteiger partial charge on any atom is -0.480 e. The lowest BCUT2D eigenvalue weighted by Crippen LogP contribution is -2.49. The predicted octanol–water partition coefficient (Wildman–Crippen LogP) is 3.17. The number of carboxylic acid groups (broad SMARTS) is 1. The molecule has 0 bridgehead atoms. The lowest BCUT2D eigenvalue weighted by molar-refractivity contribution is -0.178. The Morgan fingerprint density at radius 1 is 0.933 bits per heavy atom. The van der Waals surface area contributed by atoms with Gasteiger partial charge in [0.15, 0.2) is 11.2 Å². The third-order valence-corrected chi connectivity index (χ3v) is 4.74. The Balaban J connectivity index is 2.34. The van der Waals surface area contributed by atoms with Gasteiger partial charge in [0.25, 0.3) is 0 Å². The number of carbonyl (C=O) groups excluding carboxylic acids is 2. The molecule has 0 spiro atoms. The van der Waals surface area contributed by atoms with Gasteiger partial charge in [-0.2, -0.15) is 0 Å². The number of carbonyl (C=O) groups is 3. The van der Waals surface area contributed by atoms with Crippen molar-refractivity contribution in [2.24, 2.45) is 11.1 Å². The number of ketones is 1. The molecule has 2 unspecified atom stereocenters. The quantitative estimate of drug-likeness (QED) is 0.485. The van der Waals surface area contributed by atoms with Gasteiger partial charge in [-0.15, -0.1) is 0 Å². The van der Waals surface area contributed by atoms with Gasteiger partial charge in [0, 0.05) is 6.42 Å². The first kappa shape index (κ1) is 23.3. The predicted molar refractivity (Wildman–Crippen MR) is 114 cm³/mol. The van der Waals surface area contributed by atoms with Gasteiger partial charge in [-0.05, 0) is 44.7 Å². The molecule has 0 fully saturated rings. The van der Waals surface area contributed by atoms with E-state index in [9.17, 15) is 19.5 Å². The van der Waals surface area contributed by atoms with Crippen molar-refractivity contribution < 1.29 is 24.2 Å². The summed E-state index contributed by atoms with van der Waals surface area (Å²) in [5.74, 6) is -2.84. The second-order valence-electron chi connectivity index (χ2n) is 8.49. The molecule has 0 aliphatic heterocycles. The number of rotatable bonds is 9. The summed E-state index contributed by atoms with van der Waals surface area (Å²) in [5.41, 5.74) is 4.61. The number of nitrogens with two attached hydrogens (primary N) is 1. The Morgan fingerprint density at radius 3 is 1.90 bits per heavy atom. The van der Waals surface area contributed by atoms with E-state index >= 15 is 0 Å². The van der Waals surface area contributed by atoms with Crippen molar-refractivity contribution in [2.75, 3.05) is 0 Å². The normalized spacial score (nSPS) is 14.4. The van der Waals surface area contributed by atoms with E-state index < -0.39 is 41.2 Å². The summed E-state index contributed by atoms with van der Waals surface area (Å²) in [6.07, 6.45) is -0.447. The third kappa shape index (κ3) is 6.26. The van der Waals surface area contributed by atoms with Crippen LogP contribution >= 0.6 is 0 Å². The fourth-order valence-electron chi connectivity index (χ4n) is 3.18. The summed E-state index contributed by atoms with van der Waals surface area (Å²) >= 11 is 0. The van der Waals surface area contributed by atoms with E-state index in [-0.39, 0.29) is 12.8 Å². The first-order valence-electron chi connectivity index (χ1n) is 9.86. The highest BCUT2D eigenvalue weighted by atomic mass is 16.6. The van der Waals surface area contributed by atoms with E-state index in [2.05, 4.69) is 0 Å². The maximum Gasteiger partial charge on any atom is 0.324 e. The second kappa shape index (κ2) is 9.67. The number of carboxylic acids is 1. The molecule has 0 aromatic heterocycles. The summed E-state index contributed by atoms with van der Waals surface area (Å²) in [4.78, 5) is 38.4. The molecule has 2 rings (SSSR count). The molecule has 2 aromatic rings. The lowest BCUT2D eigenvalue weighted by atomic mass is 9.76. The molecule has 0 aliphatic rings. The molecule has 0 saturated carbocycles. The van der Waals surface area contributed by atoms with Crippen molar-refractivity contribution in [3.05, 3.63) is 71.8 Å². The summed E-state index contributed by atoms with van der Waals surface area (Å²) in [7, 11) is 0. The molecule has 0 heterocycles. The van der Waals surface area contributed by atoms with Crippen LogP contribution in [0.5, 0.6) is 0 Å². The van der Waals surface area contributed by atoms with Crippen LogP contribution in [0.1, 0.15) is 38.3 Å². The minimum absolute atomic E-state index is 0.165. The molecule has 0 amide bonds. The van der Waals surface area contributed by atoms with Crippen molar-refractivity contribution >= 4 is 17.7 Å². The van der Waals surface area contributed by atoms with E-state index in [0.717, 1.165) is 5.56 Å². The zero-order chi connectivity index (χ0) is 22.4. The van der Waals surface area contributed by atoms with E-state index in [1.807, 2.05) is 30.3 Å². The molecule has 2 atom stereocenters. The van der Waals surface area contributed by atoms with Gasteiger partial charge < -0.3 is 15.6 Å². The fourth-order valence-corrected chi connectivity index (χ4v) is 3.18. The fraction of sp³-hybridized carbons (Fsp3) is 0.375. The molecule has 2 aromatic carbocycles. The summed E-state index contributed by atoms with van der Waals surface area (Å²) in [6.45, 7) is 4.97. The van der Waals surface area contributed by atoms with Crippen LogP contribution in [-0.2, 0) is 32.0 Å². The van der Waals surface area contributed by atoms with Crippen molar-refractivity contribution in [3.63, 3.8) is 0 Å². The van der Waals surface area contributed by atoms with Crippen LogP contribution in [0, 0.1) is 5.41 Å². The van der Waals surface area contributed by atoms with Gasteiger partial charge in [0.2, 0.25) is 0 Å². The lowest BCUT2D eigenvalue weighted by Gasteiger charge is -2.31. The van der Waals surface area contributed by atoms with Crippen LogP contribution in [0.2, 0.25) is 0 Å². The van der Waals surface area contributed by atoms with E-state index in [4.69, 9.17) is 10.5 Å². The monoisotopic (exact) mass is 411 g/mol. The summed E-state index contributed by atoms with van der Waals surface area (Å²) in [5, 5.41) is 10.1. The average molecular weight is 411 g/mol. The van der Waals surface area contributed by atoms with Crippen LogP contribution in [0.25, 0.3) is 0 Å². The Kier molecular flexibility index (Phi) is 7.51. The average Bonchev–Trinajstić information content (AvgIpc) is 2.67. The van der Waals surface area contributed by atoms with Crippen molar-refractivity contribution in [1.29, 1.82) is 0 Å². The van der Waals surface area contributed by atoms with Crippen molar-refractivity contribution in [3.8, 4) is 0 Å². The smallest absolute Gasteiger partial charge is 0.324 e. The molecule has 6 nitrogen and oxygen atoms in total. The van der Waals surface area contributed by atoms with Crippen molar-refractivity contribution in [1.82, 2.24) is 0 Å². The molecule has 0 saturated heterocycles. The van der Waals surface area contributed by atoms with Gasteiger partial charge in [-0.25, -0.2) is 0 Å². The maximum absolute atomic E-state index is 13.0. The number of hydrogen-bond donors (Lipinski definition) is 2. The van der Waals surface area contributed by atoms with Crippen LogP contribution in [-0.4, -0.2) is 34.5 Å². The van der Waals surface area contributed by atoms with Gasteiger partial charge in [0.1, 0.15) is 5.60 Å². The standard InChI is InChI=1S/C24H29NO5/c1-23(2,3)30-22(29)24(21(27)28,15-18-12-8-5-9-13-18)16-20(26)19(25)14-17-10-6-4-7-11-17/h4-13,19H,14-16,25H2,1-3H3,(H,27,28). The molecule has 3 N–H and O–H groups in total. The number of benzene rings is 2. The second-order valence-corrected chi connectivity index (χ2v) is 8.49. The van der Waals surface area contributed by atoms with Crippen LogP contribution in [0.4, 0.5) is 0 Å². The van der Waals surface area contributed by atoms with Gasteiger partial charge in [0.05, 0.1) is 6.04 Å². The SMILES string of the molecule is CC(C)(C)OC(=O)C(CC(=O)C(N)Cc1ccccc1)(Cc1ccccc1)C(=O)O. The van der Waals surface area contributed by atoms with Crippen LogP contribution in [0.3, 0.4) is 0 Å². The third-order valence-electron chi connectivity index (χ3n) is 4.74. The van der Waals surface area contributed by atoms with Crippen LogP contribution < -0.4 is 5.73 Å². The molecular formula is C24H29NO5. The molecule has 6 heteroatoms. The Labute approximate surface area is 177 Å². The Hall–Kier alpha value is -2.99. The number of hydrogen-bond acceptors (Lipinski definition) is 5. The number of Topliss-reactive ketones (excluding diaryl/α,β-unsaturated/α-hetero) is 1. The molecule has 30 heavy (non-hydrogen) atoms. The topological polar surface area (TPSA) is 107 Å². The number of esters is 1. The van der Waals surface area contributed by atoms with Gasteiger partial charge in [-0.3, -0.25) is 14.4 Å². The highest BCUT2D eigenvalue weighted by Gasteiger charge is 2.51. The number of ether oxygens (including phenoxy) is 1. The van der Waals surface area contributed by atoms with E-state index in [0.29, 0.717) is 5.56 Å².